The van der Waals surface area contributed by atoms with Crippen molar-refractivity contribution in [3.8, 4) is 0 Å². The summed E-state index contributed by atoms with van der Waals surface area (Å²) in [5.74, 6) is -1.13. The zero-order chi connectivity index (χ0) is 16.3. The molecule has 1 aromatic carbocycles. The largest absolute Gasteiger partial charge is 0.395 e. The Morgan fingerprint density at radius 2 is 2.05 bits per heavy atom. The minimum Gasteiger partial charge on any atom is -0.395 e. The molecule has 2 rings (SSSR count). The molecule has 0 saturated heterocycles. The molecule has 0 atom stereocenters. The first-order chi connectivity index (χ1) is 10.5. The van der Waals surface area contributed by atoms with Gasteiger partial charge in [0, 0.05) is 25.3 Å². The van der Waals surface area contributed by atoms with Crippen LogP contribution in [0.25, 0.3) is 0 Å². The van der Waals surface area contributed by atoms with Crippen LogP contribution in [-0.2, 0) is 9.59 Å². The summed E-state index contributed by atoms with van der Waals surface area (Å²) >= 11 is 0. The molecule has 0 spiro atoms. The van der Waals surface area contributed by atoms with Crippen molar-refractivity contribution in [2.45, 2.75) is 0 Å². The number of nitro groups is 1. The molecule has 116 valence electrons. The normalized spacial score (nSPS) is 14.1. The summed E-state index contributed by atoms with van der Waals surface area (Å²) in [7, 11) is 1.63. The first-order valence-electron chi connectivity index (χ1n) is 6.39. The molecule has 2 amide bonds. The Kier molecular flexibility index (Phi) is 4.37. The summed E-state index contributed by atoms with van der Waals surface area (Å²) < 4.78 is 0. The Hall–Kier alpha value is -2.94. The molecule has 0 aliphatic carbocycles. The fourth-order valence-electron chi connectivity index (χ4n) is 2.02. The van der Waals surface area contributed by atoms with E-state index in [0.717, 1.165) is 11.0 Å². The number of imide groups is 1. The number of benzene rings is 1. The molecule has 0 radical (unpaired) electrons. The van der Waals surface area contributed by atoms with Crippen molar-refractivity contribution in [2.75, 3.05) is 30.8 Å². The van der Waals surface area contributed by atoms with Crippen LogP contribution in [0, 0.1) is 10.1 Å². The summed E-state index contributed by atoms with van der Waals surface area (Å²) in [6.45, 7) is -0.440. The summed E-state index contributed by atoms with van der Waals surface area (Å²) in [4.78, 5) is 34.9. The molecule has 0 aromatic heterocycles. The Bertz CT molecular complexity index is 670. The van der Waals surface area contributed by atoms with E-state index in [2.05, 4.69) is 10.6 Å². The molecule has 0 fully saturated rings. The lowest BCUT2D eigenvalue weighted by Gasteiger charge is -2.15. The molecule has 0 unspecified atom stereocenters. The van der Waals surface area contributed by atoms with E-state index >= 15 is 0 Å². The van der Waals surface area contributed by atoms with Crippen LogP contribution in [0.3, 0.4) is 0 Å². The zero-order valence-electron chi connectivity index (χ0n) is 11.7. The van der Waals surface area contributed by atoms with Gasteiger partial charge in [0.15, 0.2) is 0 Å². The van der Waals surface area contributed by atoms with Gasteiger partial charge < -0.3 is 15.7 Å². The number of nitrogens with one attached hydrogen (secondary N) is 2. The Labute approximate surface area is 125 Å². The predicted molar refractivity (Wildman–Crippen MR) is 78.2 cm³/mol. The van der Waals surface area contributed by atoms with Gasteiger partial charge in [-0.25, -0.2) is 0 Å². The molecule has 1 aliphatic rings. The van der Waals surface area contributed by atoms with Gasteiger partial charge in [-0.05, 0) is 6.07 Å². The van der Waals surface area contributed by atoms with Crippen LogP contribution < -0.4 is 10.6 Å². The summed E-state index contributed by atoms with van der Waals surface area (Å²) in [5, 5.41) is 25.2. The molecule has 0 bridgehead atoms. The van der Waals surface area contributed by atoms with Crippen molar-refractivity contribution in [3.05, 3.63) is 40.1 Å². The number of aliphatic hydroxyl groups excluding tert-OH is 1. The SMILES string of the molecule is CNc1ccc([N+](=O)[O-])cc1NC1=CC(=O)N(CCO)C1=O. The molecule has 1 heterocycles. The number of carbonyl (C=O) groups excluding carboxylic acids is 2. The highest BCUT2D eigenvalue weighted by Crippen LogP contribution is 2.29. The maximum Gasteiger partial charge on any atom is 0.277 e. The van der Waals surface area contributed by atoms with E-state index in [1.165, 1.54) is 18.2 Å². The van der Waals surface area contributed by atoms with Gasteiger partial charge >= 0.3 is 0 Å². The quantitative estimate of drug-likeness (QED) is 0.392. The molecule has 22 heavy (non-hydrogen) atoms. The van der Waals surface area contributed by atoms with Crippen LogP contribution in [0.4, 0.5) is 17.1 Å². The average molecular weight is 306 g/mol. The van der Waals surface area contributed by atoms with E-state index < -0.39 is 16.7 Å². The maximum atomic E-state index is 12.0. The summed E-state index contributed by atoms with van der Waals surface area (Å²) in [6.07, 6.45) is 1.09. The van der Waals surface area contributed by atoms with Gasteiger partial charge in [0.1, 0.15) is 5.70 Å². The van der Waals surface area contributed by atoms with Crippen LogP contribution in [0.1, 0.15) is 0 Å². The van der Waals surface area contributed by atoms with Crippen molar-refractivity contribution < 1.29 is 19.6 Å². The van der Waals surface area contributed by atoms with Gasteiger partial charge in [-0.15, -0.1) is 0 Å². The standard InChI is InChI=1S/C13H14N4O5/c1-14-9-3-2-8(17(21)22)6-10(9)15-11-7-12(19)16(4-5-18)13(11)20/h2-3,6-7,14-15,18H,4-5H2,1H3. The van der Waals surface area contributed by atoms with Crippen molar-refractivity contribution in [2.24, 2.45) is 0 Å². The Morgan fingerprint density at radius 3 is 2.64 bits per heavy atom. The van der Waals surface area contributed by atoms with Gasteiger partial charge in [0.2, 0.25) is 0 Å². The third-order valence-electron chi connectivity index (χ3n) is 3.09. The minimum absolute atomic E-state index is 0.00421. The molecule has 0 saturated carbocycles. The van der Waals surface area contributed by atoms with Crippen LogP contribution in [0.5, 0.6) is 0 Å². The summed E-state index contributed by atoms with van der Waals surface area (Å²) in [6, 6.07) is 4.08. The number of anilines is 2. The maximum absolute atomic E-state index is 12.0. The number of hydrogen-bond acceptors (Lipinski definition) is 7. The molecule has 3 N–H and O–H groups in total. The van der Waals surface area contributed by atoms with Crippen molar-refractivity contribution >= 4 is 28.9 Å². The van der Waals surface area contributed by atoms with E-state index in [0.29, 0.717) is 11.4 Å². The fourth-order valence-corrected chi connectivity index (χ4v) is 2.02. The Morgan fingerprint density at radius 1 is 1.32 bits per heavy atom. The number of β-amino-alcohol motifs (C(OH)–C–C–N with tert-alkyl or cyclic N) is 1. The van der Waals surface area contributed by atoms with Crippen LogP contribution in [0.2, 0.25) is 0 Å². The second-order valence-electron chi connectivity index (χ2n) is 4.44. The van der Waals surface area contributed by atoms with E-state index in [9.17, 15) is 19.7 Å². The molecular formula is C13H14N4O5. The topological polar surface area (TPSA) is 125 Å². The highest BCUT2D eigenvalue weighted by atomic mass is 16.6. The van der Waals surface area contributed by atoms with Gasteiger partial charge in [0.25, 0.3) is 17.5 Å². The second kappa shape index (κ2) is 6.22. The number of hydrogen-bond donors (Lipinski definition) is 3. The molecular weight excluding hydrogens is 292 g/mol. The van der Waals surface area contributed by atoms with Gasteiger partial charge in [-0.2, -0.15) is 0 Å². The number of nitrogens with zero attached hydrogens (tertiary/aromatic N) is 2. The molecule has 9 nitrogen and oxygen atoms in total. The number of carbonyl (C=O) groups is 2. The first-order valence-corrected chi connectivity index (χ1v) is 6.39. The molecule has 1 aromatic rings. The molecule has 9 heteroatoms. The van der Waals surface area contributed by atoms with Crippen molar-refractivity contribution in [1.29, 1.82) is 0 Å². The third-order valence-corrected chi connectivity index (χ3v) is 3.09. The highest BCUT2D eigenvalue weighted by Gasteiger charge is 2.31. The van der Waals surface area contributed by atoms with Crippen LogP contribution in [-0.4, -0.2) is 46.9 Å². The molecule has 1 aliphatic heterocycles. The number of aliphatic hydroxyl groups is 1. The van der Waals surface area contributed by atoms with E-state index in [1.807, 2.05) is 0 Å². The van der Waals surface area contributed by atoms with E-state index in [1.54, 1.807) is 7.05 Å². The smallest absolute Gasteiger partial charge is 0.277 e. The van der Waals surface area contributed by atoms with E-state index in [-0.39, 0.29) is 24.5 Å². The van der Waals surface area contributed by atoms with Crippen LogP contribution >= 0.6 is 0 Å². The number of nitro benzene ring substituents is 1. The Balaban J connectivity index is 2.29. The first kappa shape index (κ1) is 15.4. The van der Waals surface area contributed by atoms with Crippen molar-refractivity contribution in [1.82, 2.24) is 4.90 Å². The average Bonchev–Trinajstić information content (AvgIpc) is 2.75. The number of amides is 2. The zero-order valence-corrected chi connectivity index (χ0v) is 11.7. The van der Waals surface area contributed by atoms with Crippen LogP contribution in [0.15, 0.2) is 30.0 Å². The lowest BCUT2D eigenvalue weighted by molar-refractivity contribution is -0.384. The van der Waals surface area contributed by atoms with Gasteiger partial charge in [-0.3, -0.25) is 24.6 Å². The number of rotatable bonds is 6. The minimum atomic E-state index is -0.590. The second-order valence-corrected chi connectivity index (χ2v) is 4.44. The highest BCUT2D eigenvalue weighted by molar-refractivity contribution is 6.17. The van der Waals surface area contributed by atoms with Gasteiger partial charge in [0.05, 0.1) is 29.4 Å². The fraction of sp³-hybridized carbons (Fsp3) is 0.231. The summed E-state index contributed by atoms with van der Waals surface area (Å²) in [5.41, 5.74) is 0.684. The lowest BCUT2D eigenvalue weighted by Crippen LogP contribution is -2.34. The van der Waals surface area contributed by atoms with Gasteiger partial charge in [-0.1, -0.05) is 0 Å². The third kappa shape index (κ3) is 2.88. The van der Waals surface area contributed by atoms with Crippen molar-refractivity contribution in [3.63, 3.8) is 0 Å². The monoisotopic (exact) mass is 306 g/mol. The number of non-ortho nitro benzene ring substituents is 1. The predicted octanol–water partition coefficient (Wildman–Crippen LogP) is 0.293. The lowest BCUT2D eigenvalue weighted by atomic mass is 10.2. The van der Waals surface area contributed by atoms with E-state index in [4.69, 9.17) is 5.11 Å².